The highest BCUT2D eigenvalue weighted by atomic mass is 19.4. The molecular weight excluding hydrogens is 444 g/mol. The molecule has 0 fully saturated rings. The lowest BCUT2D eigenvalue weighted by molar-refractivity contribution is -0.141. The second-order valence-corrected chi connectivity index (χ2v) is 5.64. The number of ether oxygens (including phenoxy) is 1. The van der Waals surface area contributed by atoms with Crippen LogP contribution in [0.1, 0.15) is 28.5 Å². The molecule has 0 spiro atoms. The van der Waals surface area contributed by atoms with Crippen molar-refractivity contribution >= 4 is 17.7 Å². The predicted molar refractivity (Wildman–Crippen MR) is 89.4 cm³/mol. The molecule has 0 aliphatic heterocycles. The van der Waals surface area contributed by atoms with Gasteiger partial charge in [0.15, 0.2) is 0 Å². The second-order valence-electron chi connectivity index (χ2n) is 5.64. The van der Waals surface area contributed by atoms with Crippen molar-refractivity contribution in [3.8, 4) is 5.69 Å². The summed E-state index contributed by atoms with van der Waals surface area (Å²) in [7, 11) is 0. The molecule has 1 heterocycles. The van der Waals surface area contributed by atoms with Crippen molar-refractivity contribution in [3.63, 3.8) is 0 Å². The number of H-pyrrole nitrogens is 1. The molecule has 2 aromatic rings. The van der Waals surface area contributed by atoms with Gasteiger partial charge in [0.2, 0.25) is 5.69 Å². The van der Waals surface area contributed by atoms with Crippen LogP contribution in [0.25, 0.3) is 5.69 Å². The third-order valence-corrected chi connectivity index (χ3v) is 3.55. The van der Waals surface area contributed by atoms with E-state index in [-0.39, 0.29) is 23.4 Å². The van der Waals surface area contributed by atoms with Gasteiger partial charge in [0, 0.05) is 0 Å². The third kappa shape index (κ3) is 5.01. The number of benzene rings is 1. The Morgan fingerprint density at radius 3 is 2.10 bits per heavy atom. The number of carbonyl (C=O) groups excluding carboxylic acids is 2. The number of nitrogen functional groups attached to an aromatic ring is 1. The first-order chi connectivity index (χ1) is 14.2. The van der Waals surface area contributed by atoms with E-state index in [4.69, 9.17) is 5.73 Å². The van der Waals surface area contributed by atoms with E-state index in [0.29, 0.717) is 0 Å². The normalized spacial score (nSPS) is 11.8. The lowest BCUT2D eigenvalue weighted by Gasteiger charge is -2.18. The number of nitrogens with two attached hydrogens (primary N) is 1. The van der Waals surface area contributed by atoms with Crippen LogP contribution in [0.15, 0.2) is 21.7 Å². The summed E-state index contributed by atoms with van der Waals surface area (Å²) in [6, 6.07) is 0.147. The third-order valence-electron chi connectivity index (χ3n) is 3.55. The highest BCUT2D eigenvalue weighted by Crippen LogP contribution is 2.42. The van der Waals surface area contributed by atoms with Crippen LogP contribution >= 0.6 is 0 Å². The number of amides is 2. The van der Waals surface area contributed by atoms with E-state index in [1.165, 1.54) is 17.2 Å². The summed E-state index contributed by atoms with van der Waals surface area (Å²) in [6.07, 6.45) is -12.0. The van der Waals surface area contributed by atoms with Crippen molar-refractivity contribution < 1.29 is 40.7 Å². The fourth-order valence-corrected chi connectivity index (χ4v) is 2.27. The number of imide groups is 1. The fourth-order valence-electron chi connectivity index (χ4n) is 2.27. The number of carbonyl (C=O) groups is 2. The van der Waals surface area contributed by atoms with Crippen LogP contribution in [0.5, 0.6) is 0 Å². The summed E-state index contributed by atoms with van der Waals surface area (Å²) in [5, 5.41) is 4.73. The van der Waals surface area contributed by atoms with E-state index >= 15 is 0 Å². The highest BCUT2D eigenvalue weighted by Gasteiger charge is 2.41. The van der Waals surface area contributed by atoms with Crippen molar-refractivity contribution in [3.05, 3.63) is 49.8 Å². The lowest BCUT2D eigenvalue weighted by atomic mass is 10.0. The number of nitrogens with zero attached hydrogens (tertiary/aromatic N) is 2. The zero-order valence-corrected chi connectivity index (χ0v) is 15.1. The Balaban J connectivity index is 2.74. The van der Waals surface area contributed by atoms with E-state index in [1.807, 2.05) is 0 Å². The predicted octanol–water partition coefficient (Wildman–Crippen LogP) is 1.43. The maximum atomic E-state index is 13.2. The van der Waals surface area contributed by atoms with Crippen molar-refractivity contribution in [1.29, 1.82) is 0 Å². The first-order valence-electron chi connectivity index (χ1n) is 7.96. The van der Waals surface area contributed by atoms with Gasteiger partial charge in [-0.2, -0.15) is 36.1 Å². The summed E-state index contributed by atoms with van der Waals surface area (Å²) in [4.78, 5) is 48.5. The second kappa shape index (κ2) is 8.11. The van der Waals surface area contributed by atoms with Gasteiger partial charge in [0.1, 0.15) is 0 Å². The van der Waals surface area contributed by atoms with Gasteiger partial charge in [-0.05, 0) is 19.1 Å². The summed E-state index contributed by atoms with van der Waals surface area (Å²) in [5.41, 5.74) is -5.88. The van der Waals surface area contributed by atoms with Gasteiger partial charge in [0.05, 0.1) is 29.1 Å². The number of rotatable bonds is 3. The smallest absolute Gasteiger partial charge is 0.418 e. The molecule has 0 saturated carbocycles. The maximum Gasteiger partial charge on any atom is 0.418 e. The lowest BCUT2D eigenvalue weighted by Crippen LogP contribution is -2.41. The number of alkyl carbamates (subject to hydrolysis) is 1. The molecule has 1 aromatic carbocycles. The minimum atomic E-state index is -5.35. The fraction of sp³-hybridized carbons (Fsp3) is 0.267. The SMILES string of the molecule is CCOC(=O)NC(=O)c1nn(-c2cc(C(F)(F)F)c(N)c(C(F)(F)F)c2)c(=O)[nH]c1=O. The molecule has 0 radical (unpaired) electrons. The molecule has 16 heteroatoms. The standard InChI is InChI=1S/C15H11F6N5O5/c1-2-31-13(30)24-11(28)9-10(27)23-12(29)26(25-9)5-3-6(14(16,17)18)8(22)7(4-5)15(19,20)21/h3-4H,2,22H2,1H3,(H,23,27,29)(H,24,28,30). The number of hydrogen-bond acceptors (Lipinski definition) is 7. The van der Waals surface area contributed by atoms with Gasteiger partial charge in [-0.3, -0.25) is 19.9 Å². The van der Waals surface area contributed by atoms with E-state index in [1.54, 1.807) is 0 Å². The van der Waals surface area contributed by atoms with Crippen molar-refractivity contribution in [2.45, 2.75) is 19.3 Å². The molecule has 0 atom stereocenters. The van der Waals surface area contributed by atoms with E-state index in [9.17, 15) is 45.5 Å². The Morgan fingerprint density at radius 1 is 1.13 bits per heavy atom. The van der Waals surface area contributed by atoms with Gasteiger partial charge >= 0.3 is 24.1 Å². The summed E-state index contributed by atoms with van der Waals surface area (Å²) >= 11 is 0. The maximum absolute atomic E-state index is 13.2. The van der Waals surface area contributed by atoms with Gasteiger partial charge in [-0.1, -0.05) is 0 Å². The largest absolute Gasteiger partial charge is 0.450 e. The Bertz CT molecular complexity index is 1120. The van der Waals surface area contributed by atoms with Gasteiger partial charge in [-0.15, -0.1) is 0 Å². The molecule has 168 valence electrons. The molecule has 0 unspecified atom stereocenters. The van der Waals surface area contributed by atoms with Crippen LogP contribution in [0, 0.1) is 0 Å². The van der Waals surface area contributed by atoms with Crippen LogP contribution in [0.4, 0.5) is 36.8 Å². The molecule has 2 amide bonds. The number of aromatic nitrogens is 3. The average molecular weight is 455 g/mol. The molecule has 1 aromatic heterocycles. The van der Waals surface area contributed by atoms with Gasteiger partial charge in [-0.25, -0.2) is 9.59 Å². The number of hydrogen-bond donors (Lipinski definition) is 3. The zero-order chi connectivity index (χ0) is 23.7. The molecule has 0 aliphatic carbocycles. The molecule has 0 bridgehead atoms. The molecule has 10 nitrogen and oxygen atoms in total. The first kappa shape index (κ1) is 23.4. The molecule has 0 saturated heterocycles. The molecule has 2 rings (SSSR count). The Labute approximate surface area is 166 Å². The topological polar surface area (TPSA) is 149 Å². The van der Waals surface area contributed by atoms with Crippen LogP contribution < -0.4 is 22.3 Å². The minimum absolute atomic E-state index is 0.0737. The number of nitrogens with one attached hydrogen (secondary N) is 2. The summed E-state index contributed by atoms with van der Waals surface area (Å²) in [6.45, 7) is 1.21. The summed E-state index contributed by atoms with van der Waals surface area (Å²) in [5.74, 6) is -1.53. The van der Waals surface area contributed by atoms with Crippen LogP contribution in [-0.4, -0.2) is 33.4 Å². The molecule has 31 heavy (non-hydrogen) atoms. The van der Waals surface area contributed by atoms with Crippen molar-refractivity contribution in [2.24, 2.45) is 0 Å². The molecular formula is C15H11F6N5O5. The van der Waals surface area contributed by atoms with Crippen molar-refractivity contribution in [2.75, 3.05) is 12.3 Å². The average Bonchev–Trinajstić information content (AvgIpc) is 2.60. The van der Waals surface area contributed by atoms with Crippen LogP contribution in [-0.2, 0) is 17.1 Å². The van der Waals surface area contributed by atoms with E-state index in [0.717, 1.165) is 0 Å². The van der Waals surface area contributed by atoms with Crippen LogP contribution in [0.3, 0.4) is 0 Å². The Hall–Kier alpha value is -3.85. The number of anilines is 1. The minimum Gasteiger partial charge on any atom is -0.450 e. The number of halogens is 6. The highest BCUT2D eigenvalue weighted by molar-refractivity contribution is 6.01. The summed E-state index contributed by atoms with van der Waals surface area (Å²) < 4.78 is 83.3. The number of alkyl halides is 6. The van der Waals surface area contributed by atoms with Gasteiger partial charge < -0.3 is 10.5 Å². The van der Waals surface area contributed by atoms with Crippen LogP contribution in [0.2, 0.25) is 0 Å². The molecule has 0 aliphatic rings. The monoisotopic (exact) mass is 455 g/mol. The quantitative estimate of drug-likeness (QED) is 0.468. The zero-order valence-electron chi connectivity index (χ0n) is 15.1. The Morgan fingerprint density at radius 2 is 1.65 bits per heavy atom. The van der Waals surface area contributed by atoms with E-state index in [2.05, 4.69) is 9.84 Å². The Kier molecular flexibility index (Phi) is 6.13. The van der Waals surface area contributed by atoms with Gasteiger partial charge in [0.25, 0.3) is 11.5 Å². The van der Waals surface area contributed by atoms with E-state index < -0.39 is 63.8 Å². The number of aromatic amines is 1. The van der Waals surface area contributed by atoms with Crippen molar-refractivity contribution in [1.82, 2.24) is 20.1 Å². The molecule has 4 N–H and O–H groups in total. The first-order valence-corrected chi connectivity index (χ1v) is 7.96.